The van der Waals surface area contributed by atoms with E-state index in [9.17, 15) is 8.42 Å². The summed E-state index contributed by atoms with van der Waals surface area (Å²) in [4.78, 5) is 7.06. The van der Waals surface area contributed by atoms with Crippen molar-refractivity contribution in [2.24, 2.45) is 0 Å². The van der Waals surface area contributed by atoms with E-state index in [0.717, 1.165) is 48.4 Å². The van der Waals surface area contributed by atoms with Crippen LogP contribution in [0.2, 0.25) is 0 Å². The number of ether oxygens (including phenoxy) is 1. The third-order valence-corrected chi connectivity index (χ3v) is 8.09. The molecule has 0 bridgehead atoms. The first kappa shape index (κ1) is 22.8. The number of sulfonamides is 1. The highest BCUT2D eigenvalue weighted by molar-refractivity contribution is 7.89. The predicted molar refractivity (Wildman–Crippen MR) is 129 cm³/mol. The van der Waals surface area contributed by atoms with E-state index in [-0.39, 0.29) is 4.90 Å². The summed E-state index contributed by atoms with van der Waals surface area (Å²) in [6.45, 7) is 5.76. The number of nitrogens with one attached hydrogen (secondary N) is 1. The van der Waals surface area contributed by atoms with Crippen LogP contribution in [0.15, 0.2) is 51.9 Å². The molecule has 10 heteroatoms. The molecule has 2 fully saturated rings. The summed E-state index contributed by atoms with van der Waals surface area (Å²) in [6.07, 6.45) is 2.24. The van der Waals surface area contributed by atoms with Gasteiger partial charge in [-0.2, -0.15) is 9.29 Å². The Morgan fingerprint density at radius 2 is 1.82 bits per heavy atom. The molecule has 0 spiro atoms. The molecule has 5 rings (SSSR count). The summed E-state index contributed by atoms with van der Waals surface area (Å²) in [5.41, 5.74) is 3.74. The molecule has 0 amide bonds. The average Bonchev–Trinajstić information content (AvgIpc) is 3.56. The maximum Gasteiger partial charge on any atom is 0.246 e. The van der Waals surface area contributed by atoms with Gasteiger partial charge in [-0.15, -0.1) is 0 Å². The average molecular weight is 484 g/mol. The Kier molecular flexibility index (Phi) is 6.53. The summed E-state index contributed by atoms with van der Waals surface area (Å²) >= 11 is 0. The van der Waals surface area contributed by atoms with Crippen molar-refractivity contribution in [1.82, 2.24) is 14.4 Å². The number of morpholine rings is 1. The maximum absolute atomic E-state index is 13.2. The van der Waals surface area contributed by atoms with Gasteiger partial charge in [-0.3, -0.25) is 0 Å². The molecular formula is C24H29N5O4S. The van der Waals surface area contributed by atoms with E-state index < -0.39 is 10.0 Å². The molecule has 3 heterocycles. The fourth-order valence-electron chi connectivity index (χ4n) is 4.39. The van der Waals surface area contributed by atoms with Gasteiger partial charge >= 0.3 is 0 Å². The highest BCUT2D eigenvalue weighted by atomic mass is 32.2. The number of aromatic nitrogens is 2. The lowest BCUT2D eigenvalue weighted by Crippen LogP contribution is -2.40. The number of hydrogen-bond donors (Lipinski definition) is 1. The summed E-state index contributed by atoms with van der Waals surface area (Å²) in [5, 5.41) is 7.46. The molecule has 0 radical (unpaired) electrons. The normalized spacial score (nSPS) is 17.3. The topological polar surface area (TPSA) is 101 Å². The van der Waals surface area contributed by atoms with Crippen molar-refractivity contribution in [3.05, 3.63) is 53.9 Å². The number of nitrogens with zero attached hydrogens (tertiary/aromatic N) is 4. The fourth-order valence-corrected chi connectivity index (χ4v) is 5.82. The predicted octanol–water partition coefficient (Wildman–Crippen LogP) is 3.28. The van der Waals surface area contributed by atoms with Crippen LogP contribution in [-0.4, -0.2) is 62.3 Å². The van der Waals surface area contributed by atoms with Gasteiger partial charge in [0.1, 0.15) is 0 Å². The first-order valence-corrected chi connectivity index (χ1v) is 13.0. The molecule has 3 aromatic rings. The van der Waals surface area contributed by atoms with E-state index in [1.54, 1.807) is 12.1 Å². The van der Waals surface area contributed by atoms with Gasteiger partial charge in [-0.05, 0) is 44.0 Å². The lowest BCUT2D eigenvalue weighted by atomic mass is 10.1. The minimum atomic E-state index is -3.60. The van der Waals surface area contributed by atoms with Gasteiger partial charge in [-0.1, -0.05) is 28.9 Å². The van der Waals surface area contributed by atoms with Crippen LogP contribution in [0.1, 0.15) is 24.3 Å². The Morgan fingerprint density at radius 1 is 1.03 bits per heavy atom. The second kappa shape index (κ2) is 9.73. The summed E-state index contributed by atoms with van der Waals surface area (Å²) in [7, 11) is -3.60. The Hall–Kier alpha value is -2.95. The van der Waals surface area contributed by atoms with Crippen molar-refractivity contribution < 1.29 is 17.7 Å². The van der Waals surface area contributed by atoms with Gasteiger partial charge in [-0.25, -0.2) is 8.42 Å². The maximum atomic E-state index is 13.2. The molecule has 2 aromatic carbocycles. The van der Waals surface area contributed by atoms with Crippen molar-refractivity contribution in [1.29, 1.82) is 0 Å². The molecule has 180 valence electrons. The SMILES string of the molecule is Cc1cccc(-c2noc(CNc3cc(S(=O)(=O)N4CCOCC4)ccc3N3CCCC3)n2)c1. The Morgan fingerprint density at radius 3 is 2.59 bits per heavy atom. The zero-order valence-electron chi connectivity index (χ0n) is 19.2. The molecule has 2 aliphatic rings. The van der Waals surface area contributed by atoms with Crippen molar-refractivity contribution >= 4 is 21.4 Å². The quantitative estimate of drug-likeness (QED) is 0.546. The van der Waals surface area contributed by atoms with Crippen molar-refractivity contribution in [2.75, 3.05) is 49.6 Å². The van der Waals surface area contributed by atoms with E-state index in [0.29, 0.717) is 44.6 Å². The van der Waals surface area contributed by atoms with Crippen LogP contribution >= 0.6 is 0 Å². The molecule has 0 aliphatic carbocycles. The van der Waals surface area contributed by atoms with Gasteiger partial charge in [0, 0.05) is 31.7 Å². The zero-order chi connectivity index (χ0) is 23.5. The second-order valence-electron chi connectivity index (χ2n) is 8.62. The van der Waals surface area contributed by atoms with Crippen LogP contribution in [0.3, 0.4) is 0 Å². The monoisotopic (exact) mass is 483 g/mol. The molecule has 9 nitrogen and oxygen atoms in total. The van der Waals surface area contributed by atoms with E-state index in [4.69, 9.17) is 9.26 Å². The van der Waals surface area contributed by atoms with Crippen molar-refractivity contribution in [2.45, 2.75) is 31.2 Å². The fraction of sp³-hybridized carbons (Fsp3) is 0.417. The van der Waals surface area contributed by atoms with Gasteiger partial charge in [0.15, 0.2) is 0 Å². The summed E-state index contributed by atoms with van der Waals surface area (Å²) < 4.78 is 38.7. The Balaban J connectivity index is 1.39. The summed E-state index contributed by atoms with van der Waals surface area (Å²) in [5.74, 6) is 0.967. The van der Waals surface area contributed by atoms with Crippen LogP contribution in [0.4, 0.5) is 11.4 Å². The van der Waals surface area contributed by atoms with Crippen LogP contribution in [0.25, 0.3) is 11.4 Å². The van der Waals surface area contributed by atoms with Gasteiger partial charge in [0.25, 0.3) is 0 Å². The van der Waals surface area contributed by atoms with E-state index >= 15 is 0 Å². The van der Waals surface area contributed by atoms with Crippen LogP contribution in [-0.2, 0) is 21.3 Å². The molecule has 1 N–H and O–H groups in total. The molecule has 1 aromatic heterocycles. The Bertz CT molecular complexity index is 1250. The first-order valence-electron chi connectivity index (χ1n) is 11.6. The third kappa shape index (κ3) is 4.79. The van der Waals surface area contributed by atoms with Gasteiger partial charge < -0.3 is 19.5 Å². The molecule has 2 saturated heterocycles. The van der Waals surface area contributed by atoms with E-state index in [1.165, 1.54) is 4.31 Å². The standard InChI is InChI=1S/C24H29N5O4S/c1-18-5-4-6-19(15-18)24-26-23(33-27-24)17-25-21-16-20(7-8-22(21)28-9-2-3-10-28)34(30,31)29-11-13-32-14-12-29/h4-8,15-16,25H,2-3,9-14,17H2,1H3. The number of anilines is 2. The molecule has 0 saturated carbocycles. The minimum Gasteiger partial charge on any atom is -0.379 e. The molecule has 0 atom stereocenters. The van der Waals surface area contributed by atoms with E-state index in [2.05, 4.69) is 20.4 Å². The van der Waals surface area contributed by atoms with Crippen LogP contribution in [0.5, 0.6) is 0 Å². The number of hydrogen-bond acceptors (Lipinski definition) is 8. The molecule has 34 heavy (non-hydrogen) atoms. The zero-order valence-corrected chi connectivity index (χ0v) is 20.1. The second-order valence-corrected chi connectivity index (χ2v) is 10.6. The smallest absolute Gasteiger partial charge is 0.246 e. The van der Waals surface area contributed by atoms with Crippen LogP contribution < -0.4 is 10.2 Å². The lowest BCUT2D eigenvalue weighted by Gasteiger charge is -2.27. The van der Waals surface area contributed by atoms with E-state index in [1.807, 2.05) is 37.3 Å². The first-order chi connectivity index (χ1) is 16.5. The third-order valence-electron chi connectivity index (χ3n) is 6.20. The number of benzene rings is 2. The largest absolute Gasteiger partial charge is 0.379 e. The highest BCUT2D eigenvalue weighted by Gasteiger charge is 2.28. The molecular weight excluding hydrogens is 454 g/mol. The van der Waals surface area contributed by atoms with Crippen LogP contribution in [0, 0.1) is 6.92 Å². The van der Waals surface area contributed by atoms with Crippen molar-refractivity contribution in [3.8, 4) is 11.4 Å². The molecule has 2 aliphatic heterocycles. The number of aryl methyl sites for hydroxylation is 1. The van der Waals surface area contributed by atoms with Gasteiger partial charge in [0.05, 0.1) is 36.0 Å². The summed E-state index contributed by atoms with van der Waals surface area (Å²) in [6, 6.07) is 13.2. The number of rotatable bonds is 7. The lowest BCUT2D eigenvalue weighted by molar-refractivity contribution is 0.0730. The Labute approximate surface area is 199 Å². The van der Waals surface area contributed by atoms with Gasteiger partial charge in [0.2, 0.25) is 21.7 Å². The highest BCUT2D eigenvalue weighted by Crippen LogP contribution is 2.33. The minimum absolute atomic E-state index is 0.269. The van der Waals surface area contributed by atoms with Crippen molar-refractivity contribution in [3.63, 3.8) is 0 Å². The molecule has 0 unspecified atom stereocenters.